The maximum Gasteiger partial charge on any atom is 0.194 e. The lowest BCUT2D eigenvalue weighted by Gasteiger charge is -2.36. The molecule has 1 aromatic heterocycles. The average Bonchev–Trinajstić information content (AvgIpc) is 2.85. The van der Waals surface area contributed by atoms with Crippen LogP contribution in [0.2, 0.25) is 0 Å². The van der Waals surface area contributed by atoms with Crippen LogP contribution in [0.5, 0.6) is 11.5 Å². The van der Waals surface area contributed by atoms with E-state index in [-0.39, 0.29) is 24.0 Å². The van der Waals surface area contributed by atoms with E-state index in [0.29, 0.717) is 6.54 Å². The summed E-state index contributed by atoms with van der Waals surface area (Å²) in [5.41, 5.74) is 2.18. The van der Waals surface area contributed by atoms with Crippen LogP contribution in [0, 0.1) is 0 Å². The van der Waals surface area contributed by atoms with Crippen LogP contribution < -0.4 is 14.8 Å². The molecule has 2 heterocycles. The monoisotopic (exact) mass is 561 g/mol. The summed E-state index contributed by atoms with van der Waals surface area (Å²) in [5, 5.41) is 5.88. The topological polar surface area (TPSA) is 62.2 Å². The molecule has 1 saturated heterocycles. The molecule has 0 saturated carbocycles. The highest BCUT2D eigenvalue weighted by Gasteiger charge is 2.21. The number of piperazine rings is 1. The van der Waals surface area contributed by atoms with Crippen LogP contribution in [0.4, 0.5) is 0 Å². The summed E-state index contributed by atoms with van der Waals surface area (Å²) in [5.74, 6) is 2.66. The van der Waals surface area contributed by atoms with Gasteiger partial charge < -0.3 is 19.7 Å². The minimum Gasteiger partial charge on any atom is -0.497 e. The molecule has 1 aliphatic rings. The van der Waals surface area contributed by atoms with Crippen molar-refractivity contribution < 1.29 is 9.47 Å². The zero-order valence-corrected chi connectivity index (χ0v) is 21.8. The first-order valence-corrected chi connectivity index (χ1v) is 10.9. The molecule has 4 rings (SSSR count). The van der Waals surface area contributed by atoms with Gasteiger partial charge in [0.05, 0.1) is 26.5 Å². The fraction of sp³-hybridized carbons (Fsp3) is 0.360. The fourth-order valence-electron chi connectivity index (χ4n) is 4.18. The predicted octanol–water partition coefficient (Wildman–Crippen LogP) is 3.76. The highest BCUT2D eigenvalue weighted by Crippen LogP contribution is 2.25. The van der Waals surface area contributed by atoms with Crippen LogP contribution in [-0.2, 0) is 13.1 Å². The predicted molar refractivity (Wildman–Crippen MR) is 144 cm³/mol. The molecule has 0 atom stereocenters. The van der Waals surface area contributed by atoms with Gasteiger partial charge in [-0.05, 0) is 29.7 Å². The van der Waals surface area contributed by atoms with Gasteiger partial charge in [0.15, 0.2) is 5.96 Å². The molecule has 0 aliphatic carbocycles. The lowest BCUT2D eigenvalue weighted by Crippen LogP contribution is -2.52. The molecule has 0 bridgehead atoms. The number of guanidine groups is 1. The number of nitrogens with zero attached hydrogens (tertiary/aromatic N) is 4. The number of methoxy groups -OCH3 is 2. The molecule has 176 valence electrons. The number of aromatic nitrogens is 1. The number of fused-ring (bicyclic) bond motifs is 1. The Hall–Kier alpha value is -2.59. The van der Waals surface area contributed by atoms with E-state index < -0.39 is 0 Å². The van der Waals surface area contributed by atoms with Crippen molar-refractivity contribution in [2.24, 2.45) is 4.99 Å². The third-order valence-corrected chi connectivity index (χ3v) is 5.94. The van der Waals surface area contributed by atoms with Crippen molar-refractivity contribution in [3.63, 3.8) is 0 Å². The number of pyridine rings is 1. The molecule has 0 radical (unpaired) electrons. The van der Waals surface area contributed by atoms with Crippen LogP contribution >= 0.6 is 24.0 Å². The fourth-order valence-corrected chi connectivity index (χ4v) is 4.18. The van der Waals surface area contributed by atoms with Crippen LogP contribution in [0.3, 0.4) is 0 Å². The van der Waals surface area contributed by atoms with E-state index in [4.69, 9.17) is 9.47 Å². The van der Waals surface area contributed by atoms with Crippen LogP contribution in [0.25, 0.3) is 10.8 Å². The van der Waals surface area contributed by atoms with Gasteiger partial charge in [-0.1, -0.05) is 24.3 Å². The van der Waals surface area contributed by atoms with Gasteiger partial charge in [0, 0.05) is 56.9 Å². The maximum absolute atomic E-state index is 5.54. The van der Waals surface area contributed by atoms with E-state index >= 15 is 0 Å². The first-order chi connectivity index (χ1) is 15.7. The van der Waals surface area contributed by atoms with Gasteiger partial charge in [0.2, 0.25) is 0 Å². The molecule has 0 unspecified atom stereocenters. The molecule has 1 aliphatic heterocycles. The van der Waals surface area contributed by atoms with E-state index in [2.05, 4.69) is 55.4 Å². The largest absolute Gasteiger partial charge is 0.497 e. The quantitative estimate of drug-likeness (QED) is 0.281. The Morgan fingerprint density at radius 3 is 2.55 bits per heavy atom. The number of ether oxygens (including phenoxy) is 2. The second-order valence-electron chi connectivity index (χ2n) is 7.82. The van der Waals surface area contributed by atoms with Gasteiger partial charge >= 0.3 is 0 Å². The molecule has 8 heteroatoms. The number of hydrogen-bond acceptors (Lipinski definition) is 5. The molecule has 33 heavy (non-hydrogen) atoms. The first kappa shape index (κ1) is 25.0. The van der Waals surface area contributed by atoms with E-state index in [1.54, 1.807) is 14.2 Å². The summed E-state index contributed by atoms with van der Waals surface area (Å²) in [7, 11) is 5.24. The Balaban J connectivity index is 0.00000306. The summed E-state index contributed by atoms with van der Waals surface area (Å²) in [6.07, 6.45) is 1.87. The van der Waals surface area contributed by atoms with Crippen molar-refractivity contribution in [1.29, 1.82) is 0 Å². The molecule has 7 nitrogen and oxygen atoms in total. The van der Waals surface area contributed by atoms with E-state index in [1.165, 1.54) is 10.8 Å². The second kappa shape index (κ2) is 12.0. The molecular formula is C25H32IN5O2. The summed E-state index contributed by atoms with van der Waals surface area (Å²) >= 11 is 0. The molecule has 2 aromatic carbocycles. The molecule has 1 fully saturated rings. The molecular weight excluding hydrogens is 529 g/mol. The van der Waals surface area contributed by atoms with Crippen molar-refractivity contribution in [1.82, 2.24) is 20.1 Å². The summed E-state index contributed by atoms with van der Waals surface area (Å²) < 4.78 is 10.9. The standard InChI is InChI=1S/C25H31N5O2.HI/c1-26-25(28-17-23-22-7-5-4-6-19(22)10-11-27-23)30-14-12-29(13-15-30)18-20-16-21(31-2)8-9-24(20)32-3;/h4-11,16H,12-15,17-18H2,1-3H3,(H,26,28);1H. The van der Waals surface area contributed by atoms with E-state index in [1.807, 2.05) is 31.4 Å². The highest BCUT2D eigenvalue weighted by molar-refractivity contribution is 14.0. The normalized spacial score (nSPS) is 14.6. The third kappa shape index (κ3) is 6.05. The van der Waals surface area contributed by atoms with Crippen molar-refractivity contribution in [2.75, 3.05) is 47.4 Å². The Bertz CT molecular complexity index is 1080. The minimum absolute atomic E-state index is 0. The maximum atomic E-state index is 5.54. The van der Waals surface area contributed by atoms with E-state index in [0.717, 1.165) is 61.4 Å². The number of aliphatic imine (C=N–C) groups is 1. The Morgan fingerprint density at radius 2 is 1.82 bits per heavy atom. The van der Waals surface area contributed by atoms with Gasteiger partial charge in [-0.2, -0.15) is 0 Å². The van der Waals surface area contributed by atoms with Crippen LogP contribution in [-0.4, -0.2) is 68.2 Å². The van der Waals surface area contributed by atoms with Gasteiger partial charge in [-0.25, -0.2) is 0 Å². The molecule has 0 spiro atoms. The van der Waals surface area contributed by atoms with Crippen molar-refractivity contribution in [3.05, 3.63) is 66.0 Å². The Kier molecular flexibility index (Phi) is 9.13. The molecule has 3 aromatic rings. The minimum atomic E-state index is 0. The number of hydrogen-bond donors (Lipinski definition) is 1. The molecule has 0 amide bonds. The number of nitrogens with one attached hydrogen (secondary N) is 1. The zero-order chi connectivity index (χ0) is 22.3. The van der Waals surface area contributed by atoms with Gasteiger partial charge in [-0.15, -0.1) is 24.0 Å². The first-order valence-electron chi connectivity index (χ1n) is 10.9. The van der Waals surface area contributed by atoms with Crippen molar-refractivity contribution in [3.8, 4) is 11.5 Å². The second-order valence-corrected chi connectivity index (χ2v) is 7.82. The number of rotatable bonds is 6. The summed E-state index contributed by atoms with van der Waals surface area (Å²) in [4.78, 5) is 13.8. The van der Waals surface area contributed by atoms with Gasteiger partial charge in [0.25, 0.3) is 0 Å². The average molecular weight is 561 g/mol. The van der Waals surface area contributed by atoms with E-state index in [9.17, 15) is 0 Å². The van der Waals surface area contributed by atoms with Crippen molar-refractivity contribution in [2.45, 2.75) is 13.1 Å². The van der Waals surface area contributed by atoms with Gasteiger partial charge in [-0.3, -0.25) is 14.9 Å². The zero-order valence-electron chi connectivity index (χ0n) is 19.5. The highest BCUT2D eigenvalue weighted by atomic mass is 127. The Morgan fingerprint density at radius 1 is 1.03 bits per heavy atom. The molecule has 1 N–H and O–H groups in total. The number of halogens is 1. The number of benzene rings is 2. The van der Waals surface area contributed by atoms with Crippen LogP contribution in [0.15, 0.2) is 59.7 Å². The third-order valence-electron chi connectivity index (χ3n) is 5.94. The lowest BCUT2D eigenvalue weighted by atomic mass is 10.1. The SMILES string of the molecule is CN=C(NCc1nccc2ccccc12)N1CCN(Cc2cc(OC)ccc2OC)CC1.I. The smallest absolute Gasteiger partial charge is 0.194 e. The Labute approximate surface area is 212 Å². The van der Waals surface area contributed by atoms with Gasteiger partial charge in [0.1, 0.15) is 11.5 Å². The van der Waals surface area contributed by atoms with Crippen molar-refractivity contribution >= 4 is 40.7 Å². The summed E-state index contributed by atoms with van der Waals surface area (Å²) in [6, 6.07) is 16.4. The van der Waals surface area contributed by atoms with Crippen LogP contribution in [0.1, 0.15) is 11.3 Å². The summed E-state index contributed by atoms with van der Waals surface area (Å²) in [6.45, 7) is 5.21. The lowest BCUT2D eigenvalue weighted by molar-refractivity contribution is 0.171.